The molecule has 2 aliphatic heterocycles. The van der Waals surface area contributed by atoms with Gasteiger partial charge in [-0.25, -0.2) is 0 Å². The van der Waals surface area contributed by atoms with Crippen molar-refractivity contribution in [1.82, 2.24) is 0 Å². The van der Waals surface area contributed by atoms with Crippen LogP contribution in [0.5, 0.6) is 28.7 Å². The van der Waals surface area contributed by atoms with Crippen LogP contribution < -0.4 is 9.47 Å². The molecule has 1 atom stereocenters. The monoisotopic (exact) mass is 466 g/mol. The van der Waals surface area contributed by atoms with E-state index in [0.29, 0.717) is 44.7 Å². The van der Waals surface area contributed by atoms with E-state index in [1.807, 2.05) is 19.1 Å². The van der Waals surface area contributed by atoms with Gasteiger partial charge >= 0.3 is 5.97 Å². The number of hydrogen-bond donors (Lipinski definition) is 4. The second-order valence-electron chi connectivity index (χ2n) is 8.90. The zero-order valence-electron chi connectivity index (χ0n) is 18.4. The van der Waals surface area contributed by atoms with Gasteiger partial charge in [0.1, 0.15) is 40.1 Å². The summed E-state index contributed by atoms with van der Waals surface area (Å²) in [5.74, 6) is -1.20. The van der Waals surface area contributed by atoms with E-state index in [1.165, 1.54) is 12.1 Å². The molecule has 2 aliphatic rings. The highest BCUT2D eigenvalue weighted by atomic mass is 16.8. The van der Waals surface area contributed by atoms with E-state index in [0.717, 1.165) is 10.9 Å². The molecule has 0 saturated carbocycles. The van der Waals surface area contributed by atoms with Crippen molar-refractivity contribution in [3.8, 4) is 62.3 Å². The summed E-state index contributed by atoms with van der Waals surface area (Å²) in [4.78, 5) is 0. The van der Waals surface area contributed by atoms with Crippen LogP contribution in [0.3, 0.4) is 0 Å². The zero-order chi connectivity index (χ0) is 24.1. The number of benzene rings is 4. The van der Waals surface area contributed by atoms with Crippen molar-refractivity contribution in [3.05, 3.63) is 77.9 Å². The molecule has 35 heavy (non-hydrogen) atoms. The topological polar surface area (TPSA) is 113 Å². The minimum Gasteiger partial charge on any atom is -0.508 e. The summed E-state index contributed by atoms with van der Waals surface area (Å²) in [6, 6.07) is 18.3. The number of aromatic hydroxyl groups is 3. The molecule has 4 N–H and O–H groups in total. The normalized spacial score (nSPS) is 17.2. The largest absolute Gasteiger partial charge is 0.508 e. The molecule has 4 aromatic carbocycles. The number of aliphatic hydroxyl groups is 1. The number of phenols is 3. The van der Waals surface area contributed by atoms with Gasteiger partial charge in [-0.2, -0.15) is 0 Å². The van der Waals surface area contributed by atoms with Gasteiger partial charge in [0.15, 0.2) is 0 Å². The number of furan rings is 1. The molecule has 0 fully saturated rings. The molecule has 7 heteroatoms. The minimum absolute atomic E-state index is 0.00395. The van der Waals surface area contributed by atoms with Gasteiger partial charge < -0.3 is 34.3 Å². The first-order chi connectivity index (χ1) is 16.8. The van der Waals surface area contributed by atoms with Crippen molar-refractivity contribution in [1.29, 1.82) is 0 Å². The Morgan fingerprint density at radius 3 is 2.31 bits per heavy atom. The van der Waals surface area contributed by atoms with Crippen LogP contribution in [0.2, 0.25) is 0 Å². The zero-order valence-corrected chi connectivity index (χ0v) is 18.4. The van der Waals surface area contributed by atoms with Crippen LogP contribution in [0.4, 0.5) is 0 Å². The molecule has 1 aromatic heterocycles. The van der Waals surface area contributed by atoms with E-state index in [9.17, 15) is 20.4 Å². The lowest BCUT2D eigenvalue weighted by molar-refractivity contribution is -0.286. The van der Waals surface area contributed by atoms with Crippen LogP contribution in [-0.4, -0.2) is 20.4 Å². The third-order valence-corrected chi connectivity index (χ3v) is 6.49. The van der Waals surface area contributed by atoms with Crippen LogP contribution in [0.25, 0.3) is 44.5 Å². The Balaban J connectivity index is 1.46. The first kappa shape index (κ1) is 19.8. The smallest absolute Gasteiger partial charge is 0.400 e. The number of hydrogen-bond acceptors (Lipinski definition) is 7. The van der Waals surface area contributed by atoms with E-state index < -0.39 is 5.97 Å². The maximum atomic E-state index is 11.6. The summed E-state index contributed by atoms with van der Waals surface area (Å²) in [6.07, 6.45) is 0. The fourth-order valence-corrected chi connectivity index (χ4v) is 5.03. The molecular formula is C28H18O7. The molecule has 0 radical (unpaired) electrons. The average Bonchev–Trinajstić information content (AvgIpc) is 3.21. The van der Waals surface area contributed by atoms with E-state index in [2.05, 4.69) is 0 Å². The molecule has 0 bridgehead atoms. The van der Waals surface area contributed by atoms with Crippen molar-refractivity contribution >= 4 is 11.0 Å². The number of ether oxygens (including phenoxy) is 2. The second kappa shape index (κ2) is 6.49. The third-order valence-electron chi connectivity index (χ3n) is 6.49. The molecule has 0 saturated heterocycles. The molecule has 0 aliphatic carbocycles. The summed E-state index contributed by atoms with van der Waals surface area (Å²) >= 11 is 0. The molecule has 0 amide bonds. The van der Waals surface area contributed by atoms with Gasteiger partial charge in [0.2, 0.25) is 0 Å². The van der Waals surface area contributed by atoms with Crippen molar-refractivity contribution < 1.29 is 34.3 Å². The van der Waals surface area contributed by atoms with Crippen LogP contribution in [0.1, 0.15) is 11.1 Å². The summed E-state index contributed by atoms with van der Waals surface area (Å²) in [5.41, 5.74) is 4.71. The Labute approximate surface area is 198 Å². The minimum atomic E-state index is -2.17. The van der Waals surface area contributed by atoms with Crippen LogP contribution in [0.15, 0.2) is 71.1 Å². The highest BCUT2D eigenvalue weighted by Gasteiger charge is 2.48. The number of fused-ring (bicyclic) bond motifs is 5. The first-order valence-electron chi connectivity index (χ1n) is 11.0. The predicted molar refractivity (Wildman–Crippen MR) is 127 cm³/mol. The van der Waals surface area contributed by atoms with Crippen LogP contribution in [0, 0.1) is 6.92 Å². The summed E-state index contributed by atoms with van der Waals surface area (Å²) in [7, 11) is 0. The van der Waals surface area contributed by atoms with Gasteiger partial charge in [-0.1, -0.05) is 12.1 Å². The maximum Gasteiger partial charge on any atom is 0.400 e. The highest BCUT2D eigenvalue weighted by Crippen LogP contribution is 2.56. The number of rotatable bonds is 1. The Morgan fingerprint density at radius 1 is 0.714 bits per heavy atom. The fraction of sp³-hybridized carbons (Fsp3) is 0.0714. The van der Waals surface area contributed by atoms with E-state index in [1.54, 1.807) is 42.5 Å². The van der Waals surface area contributed by atoms with Crippen molar-refractivity contribution in [3.63, 3.8) is 0 Å². The van der Waals surface area contributed by atoms with Gasteiger partial charge in [0.05, 0.1) is 11.1 Å². The molecule has 7 rings (SSSR count). The highest BCUT2D eigenvalue weighted by molar-refractivity contribution is 5.92. The van der Waals surface area contributed by atoms with Crippen molar-refractivity contribution in [2.75, 3.05) is 0 Å². The van der Waals surface area contributed by atoms with Gasteiger partial charge in [-0.3, -0.25) is 0 Å². The molecule has 172 valence electrons. The van der Waals surface area contributed by atoms with E-state index >= 15 is 0 Å². The summed E-state index contributed by atoms with van der Waals surface area (Å²) < 4.78 is 17.8. The molecule has 0 unspecified atom stereocenters. The first-order valence-corrected chi connectivity index (χ1v) is 11.0. The summed E-state index contributed by atoms with van der Waals surface area (Å²) in [5, 5.41) is 43.2. The SMILES string of the molecule is Cc1cc2c3c(c1)-c1c(O)cc(-c4cc5ccc(O)cc5o4)cc1O[C@@]3(O)Oc1cc(O)ccc1-2. The summed E-state index contributed by atoms with van der Waals surface area (Å²) in [6.45, 7) is 1.93. The maximum absolute atomic E-state index is 11.6. The quantitative estimate of drug-likeness (QED) is 0.249. The van der Waals surface area contributed by atoms with Crippen molar-refractivity contribution in [2.24, 2.45) is 0 Å². The van der Waals surface area contributed by atoms with E-state index in [4.69, 9.17) is 13.9 Å². The second-order valence-corrected chi connectivity index (χ2v) is 8.90. The molecule has 5 aromatic rings. The predicted octanol–water partition coefficient (Wildman–Crippen LogP) is 5.75. The van der Waals surface area contributed by atoms with Gasteiger partial charge in [0, 0.05) is 39.8 Å². The lowest BCUT2D eigenvalue weighted by atomic mass is 9.84. The Morgan fingerprint density at radius 2 is 1.46 bits per heavy atom. The van der Waals surface area contributed by atoms with Gasteiger partial charge in [0.25, 0.3) is 0 Å². The molecular weight excluding hydrogens is 448 g/mol. The lowest BCUT2D eigenvalue weighted by Crippen LogP contribution is -2.44. The Hall–Kier alpha value is -4.62. The molecule has 0 spiro atoms. The van der Waals surface area contributed by atoms with Crippen molar-refractivity contribution in [2.45, 2.75) is 12.9 Å². The van der Waals surface area contributed by atoms with Crippen LogP contribution >= 0.6 is 0 Å². The van der Waals surface area contributed by atoms with Gasteiger partial charge in [-0.05, 0) is 55.0 Å². The molecule has 7 nitrogen and oxygen atoms in total. The number of aryl methyl sites for hydroxylation is 1. The van der Waals surface area contributed by atoms with E-state index in [-0.39, 0.29) is 28.7 Å². The number of phenolic OH excluding ortho intramolecular Hbond substituents is 3. The lowest BCUT2D eigenvalue weighted by Gasteiger charge is -2.40. The average molecular weight is 466 g/mol. The van der Waals surface area contributed by atoms with Gasteiger partial charge in [-0.15, -0.1) is 0 Å². The standard InChI is InChI=1S/C28H18O7/c1-13-6-19-18-5-4-17(30)12-24(18)34-28(32)27(19)20(7-13)26-21(31)8-15(10-25(26)35-28)22-9-14-2-3-16(29)11-23(14)33-22/h2-12,29-32H,1H3/t28-/m0/s1. The van der Waals surface area contributed by atoms with Crippen LogP contribution in [-0.2, 0) is 5.97 Å². The third kappa shape index (κ3) is 2.76. The molecule has 3 heterocycles. The Bertz CT molecular complexity index is 1720. The fourth-order valence-electron chi connectivity index (χ4n) is 5.03. The Kier molecular flexibility index (Phi) is 3.67.